The van der Waals surface area contributed by atoms with Gasteiger partial charge in [0.2, 0.25) is 0 Å². The van der Waals surface area contributed by atoms with Crippen LogP contribution >= 0.6 is 0 Å². The Bertz CT molecular complexity index is 1280. The highest BCUT2D eigenvalue weighted by Gasteiger charge is 2.34. The van der Waals surface area contributed by atoms with Crippen LogP contribution in [0, 0.1) is 0 Å². The van der Waals surface area contributed by atoms with Crippen LogP contribution in [0.4, 0.5) is 19.0 Å². The highest BCUT2D eigenvalue weighted by atomic mass is 19.4. The van der Waals surface area contributed by atoms with Crippen LogP contribution in [-0.4, -0.2) is 62.3 Å². The second-order valence-corrected chi connectivity index (χ2v) is 7.60. The van der Waals surface area contributed by atoms with E-state index in [0.717, 1.165) is 44.4 Å². The molecule has 1 aliphatic rings. The van der Waals surface area contributed by atoms with Crippen molar-refractivity contribution in [2.75, 3.05) is 38.6 Å². The van der Waals surface area contributed by atoms with Gasteiger partial charge in [-0.05, 0) is 18.2 Å². The van der Waals surface area contributed by atoms with Crippen LogP contribution in [0.2, 0.25) is 0 Å². The number of hydrogen-bond acceptors (Lipinski definition) is 7. The van der Waals surface area contributed by atoms with Gasteiger partial charge in [-0.15, -0.1) is 0 Å². The van der Waals surface area contributed by atoms with Gasteiger partial charge in [0.25, 0.3) is 0 Å². The number of aromatic nitrogens is 5. The molecule has 0 atom stereocenters. The zero-order valence-corrected chi connectivity index (χ0v) is 17.0. The minimum atomic E-state index is -4.60. The maximum absolute atomic E-state index is 13.3. The first-order valence-corrected chi connectivity index (χ1v) is 10.1. The van der Waals surface area contributed by atoms with Gasteiger partial charge in [-0.25, -0.2) is 15.0 Å². The lowest BCUT2D eigenvalue weighted by Gasteiger charge is -2.26. The molecule has 0 spiro atoms. The molecule has 0 aliphatic carbocycles. The molecule has 0 unspecified atom stereocenters. The molecule has 2 N–H and O–H groups in total. The number of anilines is 1. The summed E-state index contributed by atoms with van der Waals surface area (Å²) >= 11 is 0. The Morgan fingerprint density at radius 3 is 2.59 bits per heavy atom. The predicted molar refractivity (Wildman–Crippen MR) is 113 cm³/mol. The average Bonchev–Trinajstić information content (AvgIpc) is 3.21. The highest BCUT2D eigenvalue weighted by molar-refractivity contribution is 6.00. The molecule has 0 amide bonds. The number of morpholine rings is 1. The van der Waals surface area contributed by atoms with Crippen molar-refractivity contribution in [3.8, 4) is 11.3 Å². The first kappa shape index (κ1) is 20.6. The number of imidazole rings is 1. The van der Waals surface area contributed by atoms with E-state index < -0.39 is 17.6 Å². The minimum Gasteiger partial charge on any atom is -0.383 e. The number of pyridine rings is 3. The molecule has 0 bridgehead atoms. The van der Waals surface area contributed by atoms with Gasteiger partial charge in [0.15, 0.2) is 0 Å². The number of rotatable bonds is 4. The number of nitrogens with two attached hydrogens (primary N) is 1. The summed E-state index contributed by atoms with van der Waals surface area (Å²) in [6.07, 6.45) is 0.114. The van der Waals surface area contributed by atoms with E-state index in [9.17, 15) is 13.2 Å². The second-order valence-electron chi connectivity index (χ2n) is 7.60. The molecule has 0 aromatic carbocycles. The van der Waals surface area contributed by atoms with Crippen molar-refractivity contribution >= 4 is 27.9 Å². The van der Waals surface area contributed by atoms with Crippen LogP contribution < -0.4 is 5.73 Å². The molecule has 8 nitrogen and oxygen atoms in total. The van der Waals surface area contributed by atoms with Crippen LogP contribution in [0.5, 0.6) is 0 Å². The Kier molecular flexibility index (Phi) is 5.14. The quantitative estimate of drug-likeness (QED) is 0.518. The molecule has 166 valence electrons. The SMILES string of the molecule is Nc1ncc(-c2ccc3ncc4ncn(CCN5CCOCC5)c4c3n2)cc1C(F)(F)F. The minimum absolute atomic E-state index is 0.227. The second kappa shape index (κ2) is 7.99. The first-order valence-electron chi connectivity index (χ1n) is 10.1. The third kappa shape index (κ3) is 3.84. The largest absolute Gasteiger partial charge is 0.419 e. The number of hydrogen-bond donors (Lipinski definition) is 1. The zero-order chi connectivity index (χ0) is 22.3. The smallest absolute Gasteiger partial charge is 0.383 e. The molecule has 0 saturated carbocycles. The Morgan fingerprint density at radius 2 is 1.81 bits per heavy atom. The molecule has 4 aromatic rings. The summed E-state index contributed by atoms with van der Waals surface area (Å²) in [6, 6.07) is 4.34. The van der Waals surface area contributed by atoms with E-state index in [1.54, 1.807) is 24.7 Å². The van der Waals surface area contributed by atoms with Crippen molar-refractivity contribution < 1.29 is 17.9 Å². The Morgan fingerprint density at radius 1 is 1.00 bits per heavy atom. The molecule has 4 aromatic heterocycles. The van der Waals surface area contributed by atoms with Gasteiger partial charge in [0.1, 0.15) is 16.9 Å². The summed E-state index contributed by atoms with van der Waals surface area (Å²) in [5.74, 6) is -0.563. The fourth-order valence-electron chi connectivity index (χ4n) is 3.86. The Hall–Kier alpha value is -3.31. The van der Waals surface area contributed by atoms with Crippen molar-refractivity contribution in [1.29, 1.82) is 0 Å². The van der Waals surface area contributed by atoms with Crippen molar-refractivity contribution in [3.05, 3.63) is 42.5 Å². The van der Waals surface area contributed by atoms with Gasteiger partial charge in [0.05, 0.1) is 48.0 Å². The standard InChI is InChI=1S/C21H20F3N7O/c22-21(23,24)14-9-13(10-27-20(14)25)15-1-2-16-18(29-15)19-17(11-26-16)28-12-31(19)4-3-30-5-7-32-8-6-30/h1-2,9-12H,3-8H2,(H2,25,27). The van der Waals surface area contributed by atoms with Gasteiger partial charge in [-0.1, -0.05) is 0 Å². The van der Waals surface area contributed by atoms with Crippen molar-refractivity contribution in [2.24, 2.45) is 0 Å². The molecule has 5 rings (SSSR count). The third-order valence-corrected chi connectivity index (χ3v) is 5.57. The summed E-state index contributed by atoms with van der Waals surface area (Å²) in [5.41, 5.74) is 7.71. The van der Waals surface area contributed by atoms with Crippen LogP contribution in [-0.2, 0) is 17.5 Å². The number of ether oxygens (including phenoxy) is 1. The van der Waals surface area contributed by atoms with Gasteiger partial charge in [-0.2, -0.15) is 13.2 Å². The first-order chi connectivity index (χ1) is 15.4. The maximum Gasteiger partial charge on any atom is 0.419 e. The van der Waals surface area contributed by atoms with Gasteiger partial charge in [0, 0.05) is 37.9 Å². The van der Waals surface area contributed by atoms with Gasteiger partial charge in [-0.3, -0.25) is 9.88 Å². The fourth-order valence-corrected chi connectivity index (χ4v) is 3.86. The molecule has 1 aliphatic heterocycles. The van der Waals surface area contributed by atoms with Gasteiger partial charge < -0.3 is 15.0 Å². The maximum atomic E-state index is 13.3. The molecule has 1 fully saturated rings. The van der Waals surface area contributed by atoms with Crippen LogP contribution in [0.1, 0.15) is 5.56 Å². The number of nitrogen functional groups attached to an aromatic ring is 1. The van der Waals surface area contributed by atoms with E-state index in [2.05, 4.69) is 24.8 Å². The van der Waals surface area contributed by atoms with Crippen LogP contribution in [0.3, 0.4) is 0 Å². The lowest BCUT2D eigenvalue weighted by molar-refractivity contribution is -0.137. The van der Waals surface area contributed by atoms with E-state index in [-0.39, 0.29) is 5.56 Å². The van der Waals surface area contributed by atoms with E-state index in [0.29, 0.717) is 28.8 Å². The number of halogens is 3. The fraction of sp³-hybridized carbons (Fsp3) is 0.333. The van der Waals surface area contributed by atoms with E-state index in [4.69, 9.17) is 10.5 Å². The lowest BCUT2D eigenvalue weighted by atomic mass is 10.1. The van der Waals surface area contributed by atoms with E-state index in [1.807, 2.05) is 4.57 Å². The van der Waals surface area contributed by atoms with Crippen LogP contribution in [0.15, 0.2) is 36.9 Å². The summed E-state index contributed by atoms with van der Waals surface area (Å²) in [7, 11) is 0. The average molecular weight is 443 g/mol. The topological polar surface area (TPSA) is 95.0 Å². The summed E-state index contributed by atoms with van der Waals surface area (Å²) in [4.78, 5) is 19.5. The monoisotopic (exact) mass is 443 g/mol. The molecular formula is C21H20F3N7O. The zero-order valence-electron chi connectivity index (χ0n) is 17.0. The number of nitrogens with zero attached hydrogens (tertiary/aromatic N) is 6. The molecular weight excluding hydrogens is 423 g/mol. The van der Waals surface area contributed by atoms with E-state index in [1.165, 1.54) is 6.20 Å². The number of alkyl halides is 3. The summed E-state index contributed by atoms with van der Waals surface area (Å²) < 4.78 is 47.2. The van der Waals surface area contributed by atoms with Gasteiger partial charge >= 0.3 is 6.18 Å². The number of fused-ring (bicyclic) bond motifs is 3. The third-order valence-electron chi connectivity index (χ3n) is 5.57. The van der Waals surface area contributed by atoms with E-state index >= 15 is 0 Å². The lowest BCUT2D eigenvalue weighted by Crippen LogP contribution is -2.38. The van der Waals surface area contributed by atoms with Crippen molar-refractivity contribution in [3.63, 3.8) is 0 Å². The van der Waals surface area contributed by atoms with Crippen molar-refractivity contribution in [1.82, 2.24) is 29.4 Å². The summed E-state index contributed by atoms with van der Waals surface area (Å²) in [6.45, 7) is 4.72. The molecule has 32 heavy (non-hydrogen) atoms. The predicted octanol–water partition coefficient (Wildman–Crippen LogP) is 2.97. The molecule has 11 heteroatoms. The molecule has 0 radical (unpaired) electrons. The normalized spacial score (nSPS) is 15.6. The molecule has 1 saturated heterocycles. The van der Waals surface area contributed by atoms with Crippen LogP contribution in [0.25, 0.3) is 33.3 Å². The summed E-state index contributed by atoms with van der Waals surface area (Å²) in [5, 5.41) is 0. The van der Waals surface area contributed by atoms with Crippen molar-refractivity contribution in [2.45, 2.75) is 12.7 Å². The Balaban J connectivity index is 1.55. The Labute approximate surface area is 180 Å². The molecule has 5 heterocycles. The highest BCUT2D eigenvalue weighted by Crippen LogP contribution is 2.35.